The molecule has 0 amide bonds. The van der Waals surface area contributed by atoms with Crippen LogP contribution in [0.5, 0.6) is 0 Å². The minimum Gasteiger partial charge on any atom is -0.455 e. The van der Waals surface area contributed by atoms with Crippen LogP contribution in [0.15, 0.2) is 24.3 Å². The summed E-state index contributed by atoms with van der Waals surface area (Å²) in [6.45, 7) is 3.75. The number of fused-ring (bicyclic) bond motifs is 1. The molecule has 94 valence electrons. The van der Waals surface area contributed by atoms with E-state index in [0.717, 1.165) is 0 Å². The van der Waals surface area contributed by atoms with Gasteiger partial charge in [-0.2, -0.15) is 0 Å². The Hall–Kier alpha value is -1.13. The highest BCUT2D eigenvalue weighted by Gasteiger charge is 2.50. The molecule has 4 heteroatoms. The van der Waals surface area contributed by atoms with Crippen molar-refractivity contribution in [1.29, 1.82) is 0 Å². The van der Waals surface area contributed by atoms with Crippen LogP contribution in [0.25, 0.3) is 0 Å². The average molecular weight is 238 g/mol. The van der Waals surface area contributed by atoms with Gasteiger partial charge in [-0.3, -0.25) is 4.79 Å². The van der Waals surface area contributed by atoms with Gasteiger partial charge in [-0.05, 0) is 26.3 Å². The second-order valence-corrected chi connectivity index (χ2v) is 4.43. The number of carbonyl (C=O) groups is 1. The lowest BCUT2D eigenvalue weighted by Crippen LogP contribution is -2.45. The molecule has 0 unspecified atom stereocenters. The molecular formula is C13H18O4. The number of ether oxygens (including phenoxy) is 2. The van der Waals surface area contributed by atoms with Gasteiger partial charge in [-0.1, -0.05) is 18.2 Å². The van der Waals surface area contributed by atoms with Crippen molar-refractivity contribution in [3.63, 3.8) is 0 Å². The van der Waals surface area contributed by atoms with E-state index in [1.807, 2.05) is 38.2 Å². The van der Waals surface area contributed by atoms with Gasteiger partial charge in [-0.25, -0.2) is 0 Å². The molecule has 0 radical (unpaired) electrons. The van der Waals surface area contributed by atoms with E-state index in [2.05, 4.69) is 0 Å². The van der Waals surface area contributed by atoms with Gasteiger partial charge in [0.1, 0.15) is 18.3 Å². The fourth-order valence-corrected chi connectivity index (χ4v) is 2.42. The first-order valence-corrected chi connectivity index (χ1v) is 5.97. The normalized spacial score (nSPS) is 42.1. The van der Waals surface area contributed by atoms with Crippen molar-refractivity contribution in [2.24, 2.45) is 5.92 Å². The summed E-state index contributed by atoms with van der Waals surface area (Å²) in [4.78, 5) is 11.6. The van der Waals surface area contributed by atoms with Gasteiger partial charge in [0, 0.05) is 0 Å². The molecule has 0 aromatic rings. The van der Waals surface area contributed by atoms with Gasteiger partial charge in [0.2, 0.25) is 0 Å². The first-order chi connectivity index (χ1) is 8.17. The number of cyclic esters (lactones) is 1. The van der Waals surface area contributed by atoms with Crippen LogP contribution in [0.2, 0.25) is 0 Å². The Morgan fingerprint density at radius 2 is 1.88 bits per heavy atom. The van der Waals surface area contributed by atoms with Crippen LogP contribution < -0.4 is 0 Å². The summed E-state index contributed by atoms with van der Waals surface area (Å²) in [7, 11) is 0. The molecule has 4 nitrogen and oxygen atoms in total. The Balaban J connectivity index is 2.16. The molecule has 2 fully saturated rings. The SMILES string of the molecule is C/C=C/[C@@H]1OC(=O)[C@H]2C[C@@H](O)[C@@H](/C=C/C)O[C@@H]12. The summed E-state index contributed by atoms with van der Waals surface area (Å²) in [6, 6.07) is 0. The summed E-state index contributed by atoms with van der Waals surface area (Å²) in [5.41, 5.74) is 0. The topological polar surface area (TPSA) is 55.8 Å². The van der Waals surface area contributed by atoms with Gasteiger partial charge in [-0.15, -0.1) is 0 Å². The lowest BCUT2D eigenvalue weighted by Gasteiger charge is -2.33. The zero-order chi connectivity index (χ0) is 12.4. The number of carbonyl (C=O) groups excluding carboxylic acids is 1. The quantitative estimate of drug-likeness (QED) is 0.580. The van der Waals surface area contributed by atoms with E-state index in [9.17, 15) is 9.90 Å². The lowest BCUT2D eigenvalue weighted by molar-refractivity contribution is -0.146. The van der Waals surface area contributed by atoms with Crippen molar-refractivity contribution in [2.75, 3.05) is 0 Å². The number of rotatable bonds is 2. The molecular weight excluding hydrogens is 220 g/mol. The van der Waals surface area contributed by atoms with Gasteiger partial charge in [0.05, 0.1) is 12.0 Å². The molecule has 0 aromatic heterocycles. The maximum Gasteiger partial charge on any atom is 0.312 e. The Bertz CT molecular complexity index is 347. The van der Waals surface area contributed by atoms with Crippen molar-refractivity contribution in [3.05, 3.63) is 24.3 Å². The average Bonchev–Trinajstić information content (AvgIpc) is 2.58. The van der Waals surface area contributed by atoms with Crippen LogP contribution in [0.3, 0.4) is 0 Å². The highest BCUT2D eigenvalue weighted by molar-refractivity contribution is 5.76. The number of aliphatic hydroxyl groups excluding tert-OH is 1. The number of hydrogen-bond acceptors (Lipinski definition) is 4. The van der Waals surface area contributed by atoms with E-state index in [0.29, 0.717) is 6.42 Å². The predicted octanol–water partition coefficient (Wildman–Crippen LogP) is 1.20. The fraction of sp³-hybridized carbons (Fsp3) is 0.615. The van der Waals surface area contributed by atoms with Crippen LogP contribution >= 0.6 is 0 Å². The zero-order valence-corrected chi connectivity index (χ0v) is 10.1. The maximum absolute atomic E-state index is 11.6. The third-order valence-electron chi connectivity index (χ3n) is 3.23. The van der Waals surface area contributed by atoms with Crippen LogP contribution in [0.4, 0.5) is 0 Å². The van der Waals surface area contributed by atoms with Crippen molar-refractivity contribution in [1.82, 2.24) is 0 Å². The third-order valence-corrected chi connectivity index (χ3v) is 3.23. The van der Waals surface area contributed by atoms with Crippen LogP contribution in [-0.2, 0) is 14.3 Å². The molecule has 1 N–H and O–H groups in total. The van der Waals surface area contributed by atoms with E-state index in [4.69, 9.17) is 9.47 Å². The summed E-state index contributed by atoms with van der Waals surface area (Å²) in [5.74, 6) is -0.608. The first kappa shape index (κ1) is 12.3. The summed E-state index contributed by atoms with van der Waals surface area (Å²) in [5, 5.41) is 9.88. The molecule has 2 aliphatic heterocycles. The van der Waals surface area contributed by atoms with Gasteiger partial charge < -0.3 is 14.6 Å². The Kier molecular flexibility index (Phi) is 3.64. The maximum atomic E-state index is 11.6. The van der Waals surface area contributed by atoms with Gasteiger partial charge in [0.25, 0.3) is 0 Å². The number of esters is 1. The minimum atomic E-state index is -0.635. The molecule has 0 spiro atoms. The predicted molar refractivity (Wildman–Crippen MR) is 62.3 cm³/mol. The van der Waals surface area contributed by atoms with E-state index in [-0.39, 0.29) is 30.2 Å². The second-order valence-electron chi connectivity index (χ2n) is 4.43. The smallest absolute Gasteiger partial charge is 0.312 e. The van der Waals surface area contributed by atoms with E-state index < -0.39 is 6.10 Å². The Labute approximate surface area is 101 Å². The first-order valence-electron chi connectivity index (χ1n) is 5.97. The van der Waals surface area contributed by atoms with Crippen molar-refractivity contribution < 1.29 is 19.4 Å². The molecule has 2 saturated heterocycles. The van der Waals surface area contributed by atoms with Crippen LogP contribution in [-0.4, -0.2) is 35.5 Å². The van der Waals surface area contributed by atoms with Crippen molar-refractivity contribution in [3.8, 4) is 0 Å². The summed E-state index contributed by atoms with van der Waals surface area (Å²) < 4.78 is 11.0. The monoisotopic (exact) mass is 238 g/mol. The van der Waals surface area contributed by atoms with Crippen LogP contribution in [0.1, 0.15) is 20.3 Å². The molecule has 0 aromatic carbocycles. The number of allylic oxidation sites excluding steroid dienone is 2. The Morgan fingerprint density at radius 1 is 1.24 bits per heavy atom. The molecule has 2 rings (SSSR count). The van der Waals surface area contributed by atoms with Gasteiger partial charge in [0.15, 0.2) is 0 Å². The standard InChI is InChI=1S/C13H18O4/c1-3-5-10-9(14)7-8-12(16-10)11(6-4-2)17-13(8)15/h3-6,8-12,14H,7H2,1-2H3/b5-3+,6-4+/t8-,9+,10+,11-,12+/m0/s1. The van der Waals surface area contributed by atoms with Crippen molar-refractivity contribution in [2.45, 2.75) is 44.7 Å². The second kappa shape index (κ2) is 5.02. The molecule has 2 aliphatic rings. The van der Waals surface area contributed by atoms with Gasteiger partial charge >= 0.3 is 5.97 Å². The summed E-state index contributed by atoms with van der Waals surface area (Å²) in [6.07, 6.45) is 6.17. The van der Waals surface area contributed by atoms with E-state index in [1.165, 1.54) is 0 Å². The zero-order valence-electron chi connectivity index (χ0n) is 10.1. The highest BCUT2D eigenvalue weighted by Crippen LogP contribution is 2.35. The fourth-order valence-electron chi connectivity index (χ4n) is 2.42. The minimum absolute atomic E-state index is 0.268. The molecule has 17 heavy (non-hydrogen) atoms. The summed E-state index contributed by atoms with van der Waals surface area (Å²) >= 11 is 0. The number of aliphatic hydroxyl groups is 1. The molecule has 2 heterocycles. The third kappa shape index (κ3) is 2.28. The Morgan fingerprint density at radius 3 is 2.53 bits per heavy atom. The molecule has 0 saturated carbocycles. The highest BCUT2D eigenvalue weighted by atomic mass is 16.6. The van der Waals surface area contributed by atoms with Crippen molar-refractivity contribution >= 4 is 5.97 Å². The van der Waals surface area contributed by atoms with E-state index in [1.54, 1.807) is 0 Å². The lowest BCUT2D eigenvalue weighted by atomic mass is 9.89. The number of hydrogen-bond donors (Lipinski definition) is 1. The molecule has 0 aliphatic carbocycles. The molecule has 5 atom stereocenters. The molecule has 0 bridgehead atoms. The van der Waals surface area contributed by atoms with E-state index >= 15 is 0 Å². The van der Waals surface area contributed by atoms with Crippen LogP contribution in [0, 0.1) is 5.92 Å². The largest absolute Gasteiger partial charge is 0.455 e.